The molecule has 1 heterocycles. The van der Waals surface area contributed by atoms with Gasteiger partial charge in [-0.3, -0.25) is 4.90 Å². The fraction of sp³-hybridized carbons (Fsp3) is 0.588. The van der Waals surface area contributed by atoms with E-state index in [4.69, 9.17) is 27.9 Å². The lowest BCUT2D eigenvalue weighted by Gasteiger charge is -2.26. The standard InChI is InChI=1S/C17H26Cl2N4O/c1-2-20-17(21-6-3-7-23-8-10-24-11-9-23)22-13-14-4-5-15(18)12-16(14)19/h4-5,12H,2-3,6-11,13H2,1H3,(H2,20,21,22). The van der Waals surface area contributed by atoms with Gasteiger partial charge in [-0.05, 0) is 37.6 Å². The van der Waals surface area contributed by atoms with Crippen LogP contribution >= 0.6 is 23.2 Å². The average Bonchev–Trinajstić information content (AvgIpc) is 2.58. The molecule has 5 nitrogen and oxygen atoms in total. The van der Waals surface area contributed by atoms with E-state index in [0.717, 1.165) is 63.9 Å². The molecule has 1 aliphatic heterocycles. The lowest BCUT2D eigenvalue weighted by Crippen LogP contribution is -2.40. The maximum atomic E-state index is 6.19. The van der Waals surface area contributed by atoms with E-state index in [1.807, 2.05) is 12.1 Å². The quantitative estimate of drug-likeness (QED) is 0.438. The minimum Gasteiger partial charge on any atom is -0.379 e. The molecule has 1 fully saturated rings. The third kappa shape index (κ3) is 6.85. The van der Waals surface area contributed by atoms with Crippen LogP contribution in [0.5, 0.6) is 0 Å². The normalized spacial score (nSPS) is 16.2. The van der Waals surface area contributed by atoms with Gasteiger partial charge in [-0.1, -0.05) is 29.3 Å². The molecular formula is C17H26Cl2N4O. The number of morpholine rings is 1. The number of hydrogen-bond donors (Lipinski definition) is 2. The van der Waals surface area contributed by atoms with Crippen molar-refractivity contribution in [3.63, 3.8) is 0 Å². The van der Waals surface area contributed by atoms with Gasteiger partial charge in [0.15, 0.2) is 5.96 Å². The number of nitrogens with one attached hydrogen (secondary N) is 2. The number of benzene rings is 1. The third-order valence-electron chi connectivity index (χ3n) is 3.81. The predicted molar refractivity (Wildman–Crippen MR) is 101 cm³/mol. The zero-order valence-electron chi connectivity index (χ0n) is 14.2. The van der Waals surface area contributed by atoms with Crippen LogP contribution in [0.3, 0.4) is 0 Å². The Morgan fingerprint density at radius 3 is 2.75 bits per heavy atom. The molecule has 0 spiro atoms. The summed E-state index contributed by atoms with van der Waals surface area (Å²) in [6.07, 6.45) is 1.08. The molecule has 0 bridgehead atoms. The monoisotopic (exact) mass is 372 g/mol. The van der Waals surface area contributed by atoms with E-state index in [-0.39, 0.29) is 0 Å². The minimum absolute atomic E-state index is 0.523. The lowest BCUT2D eigenvalue weighted by atomic mass is 10.2. The molecule has 0 amide bonds. The van der Waals surface area contributed by atoms with Crippen molar-refractivity contribution in [2.75, 3.05) is 45.9 Å². The number of rotatable bonds is 7. The molecule has 1 aromatic rings. The van der Waals surface area contributed by atoms with Crippen LogP contribution in [0, 0.1) is 0 Å². The first-order chi connectivity index (χ1) is 11.7. The lowest BCUT2D eigenvalue weighted by molar-refractivity contribution is 0.0376. The Labute approximate surface area is 154 Å². The number of aliphatic imine (C=N–C) groups is 1. The molecule has 0 radical (unpaired) electrons. The molecule has 134 valence electrons. The van der Waals surface area contributed by atoms with Crippen molar-refractivity contribution in [1.29, 1.82) is 0 Å². The van der Waals surface area contributed by atoms with E-state index in [0.29, 0.717) is 16.6 Å². The van der Waals surface area contributed by atoms with Gasteiger partial charge in [-0.2, -0.15) is 0 Å². The zero-order chi connectivity index (χ0) is 17.2. The highest BCUT2D eigenvalue weighted by atomic mass is 35.5. The fourth-order valence-electron chi connectivity index (χ4n) is 2.49. The van der Waals surface area contributed by atoms with Gasteiger partial charge in [0.05, 0.1) is 19.8 Å². The molecule has 0 saturated carbocycles. The number of hydrogen-bond acceptors (Lipinski definition) is 3. The van der Waals surface area contributed by atoms with Crippen molar-refractivity contribution in [2.45, 2.75) is 19.9 Å². The summed E-state index contributed by atoms with van der Waals surface area (Å²) in [5.74, 6) is 0.811. The van der Waals surface area contributed by atoms with E-state index >= 15 is 0 Å². The van der Waals surface area contributed by atoms with E-state index in [9.17, 15) is 0 Å². The topological polar surface area (TPSA) is 48.9 Å². The second-order valence-electron chi connectivity index (χ2n) is 5.67. The number of ether oxygens (including phenoxy) is 1. The SMILES string of the molecule is CCNC(=NCc1ccc(Cl)cc1Cl)NCCCN1CCOCC1. The van der Waals surface area contributed by atoms with Crippen molar-refractivity contribution >= 4 is 29.2 Å². The summed E-state index contributed by atoms with van der Waals surface area (Å²) in [7, 11) is 0. The molecule has 2 rings (SSSR count). The van der Waals surface area contributed by atoms with Gasteiger partial charge in [0.25, 0.3) is 0 Å². The van der Waals surface area contributed by atoms with Crippen molar-refractivity contribution < 1.29 is 4.74 Å². The van der Waals surface area contributed by atoms with Gasteiger partial charge < -0.3 is 15.4 Å². The summed E-state index contributed by atoms with van der Waals surface area (Å²) in [5.41, 5.74) is 0.964. The molecule has 7 heteroatoms. The van der Waals surface area contributed by atoms with Gasteiger partial charge in [0.1, 0.15) is 0 Å². The maximum absolute atomic E-state index is 6.19. The van der Waals surface area contributed by atoms with Crippen molar-refractivity contribution in [1.82, 2.24) is 15.5 Å². The minimum atomic E-state index is 0.523. The zero-order valence-corrected chi connectivity index (χ0v) is 15.7. The predicted octanol–water partition coefficient (Wildman–Crippen LogP) is 2.77. The van der Waals surface area contributed by atoms with Gasteiger partial charge >= 0.3 is 0 Å². The van der Waals surface area contributed by atoms with Crippen molar-refractivity contribution in [3.05, 3.63) is 33.8 Å². The maximum Gasteiger partial charge on any atom is 0.191 e. The molecule has 0 aromatic heterocycles. The highest BCUT2D eigenvalue weighted by molar-refractivity contribution is 6.35. The highest BCUT2D eigenvalue weighted by Crippen LogP contribution is 2.21. The van der Waals surface area contributed by atoms with Crippen LogP contribution in [0.25, 0.3) is 0 Å². The molecule has 0 atom stereocenters. The third-order valence-corrected chi connectivity index (χ3v) is 4.40. The molecule has 24 heavy (non-hydrogen) atoms. The first-order valence-corrected chi connectivity index (χ1v) is 9.21. The molecule has 0 aliphatic carbocycles. The van der Waals surface area contributed by atoms with Gasteiger partial charge in [-0.15, -0.1) is 0 Å². The Morgan fingerprint density at radius 1 is 1.25 bits per heavy atom. The van der Waals surface area contributed by atoms with Crippen LogP contribution in [-0.2, 0) is 11.3 Å². The largest absolute Gasteiger partial charge is 0.379 e. The Morgan fingerprint density at radius 2 is 2.04 bits per heavy atom. The van der Waals surface area contributed by atoms with E-state index in [1.165, 1.54) is 0 Å². The first kappa shape index (κ1) is 19.3. The van der Waals surface area contributed by atoms with Crippen molar-refractivity contribution in [2.24, 2.45) is 4.99 Å². The molecule has 0 unspecified atom stereocenters. The Kier molecular flexibility index (Phi) is 8.67. The van der Waals surface area contributed by atoms with E-state index in [1.54, 1.807) is 6.07 Å². The average molecular weight is 373 g/mol. The Bertz CT molecular complexity index is 533. The molecule has 2 N–H and O–H groups in total. The number of nitrogens with zero attached hydrogens (tertiary/aromatic N) is 2. The van der Waals surface area contributed by atoms with E-state index < -0.39 is 0 Å². The van der Waals surface area contributed by atoms with Gasteiger partial charge in [-0.25, -0.2) is 4.99 Å². The van der Waals surface area contributed by atoms with Crippen LogP contribution in [0.4, 0.5) is 0 Å². The number of halogens is 2. The van der Waals surface area contributed by atoms with E-state index in [2.05, 4.69) is 27.4 Å². The Balaban J connectivity index is 1.77. The molecule has 1 aliphatic rings. The summed E-state index contributed by atoms with van der Waals surface area (Å²) in [6.45, 7) is 9.13. The molecule has 1 aromatic carbocycles. The van der Waals surface area contributed by atoms with Crippen LogP contribution in [0.2, 0.25) is 10.0 Å². The fourth-order valence-corrected chi connectivity index (χ4v) is 2.96. The summed E-state index contributed by atoms with van der Waals surface area (Å²) in [6, 6.07) is 5.49. The highest BCUT2D eigenvalue weighted by Gasteiger charge is 2.09. The van der Waals surface area contributed by atoms with Crippen LogP contribution in [-0.4, -0.2) is 56.8 Å². The molecular weight excluding hydrogens is 347 g/mol. The Hall–Kier alpha value is -1.01. The number of guanidine groups is 1. The second kappa shape index (κ2) is 10.8. The van der Waals surface area contributed by atoms with Crippen LogP contribution in [0.1, 0.15) is 18.9 Å². The second-order valence-corrected chi connectivity index (χ2v) is 6.51. The van der Waals surface area contributed by atoms with Gasteiger partial charge in [0.2, 0.25) is 0 Å². The molecule has 1 saturated heterocycles. The summed E-state index contributed by atoms with van der Waals surface area (Å²) in [5, 5.41) is 7.92. The van der Waals surface area contributed by atoms with Crippen molar-refractivity contribution in [3.8, 4) is 0 Å². The smallest absolute Gasteiger partial charge is 0.191 e. The van der Waals surface area contributed by atoms with Crippen LogP contribution in [0.15, 0.2) is 23.2 Å². The first-order valence-electron chi connectivity index (χ1n) is 8.45. The van der Waals surface area contributed by atoms with Gasteiger partial charge in [0, 0.05) is 36.2 Å². The summed E-state index contributed by atoms with van der Waals surface area (Å²) >= 11 is 12.1. The van der Waals surface area contributed by atoms with Crippen LogP contribution < -0.4 is 10.6 Å². The summed E-state index contributed by atoms with van der Waals surface area (Å²) < 4.78 is 5.36. The summed E-state index contributed by atoms with van der Waals surface area (Å²) in [4.78, 5) is 7.03.